The molecule has 1 saturated carbocycles. The second kappa shape index (κ2) is 5.38. The molecule has 0 amide bonds. The Morgan fingerprint density at radius 2 is 2.11 bits per heavy atom. The Kier molecular flexibility index (Phi) is 4.17. The molecule has 7 heteroatoms. The Morgan fingerprint density at radius 3 is 2.63 bits per heavy atom. The van der Waals surface area contributed by atoms with Gasteiger partial charge in [0.15, 0.2) is 0 Å². The number of sulfonamides is 1. The zero-order valence-corrected chi connectivity index (χ0v) is 13.0. The minimum absolute atomic E-state index is 0.0340. The number of hydrogen-bond donors (Lipinski definition) is 1. The number of rotatable bonds is 5. The third-order valence-corrected chi connectivity index (χ3v) is 5.95. The highest BCUT2D eigenvalue weighted by atomic mass is 79.9. The van der Waals surface area contributed by atoms with Crippen molar-refractivity contribution >= 4 is 31.6 Å². The van der Waals surface area contributed by atoms with Gasteiger partial charge in [0.25, 0.3) is 0 Å². The average Bonchev–Trinajstić information content (AvgIpc) is 3.14. The molecule has 1 aliphatic rings. The first-order valence-corrected chi connectivity index (χ1v) is 8.37. The summed E-state index contributed by atoms with van der Waals surface area (Å²) in [7, 11) is -3.63. The summed E-state index contributed by atoms with van der Waals surface area (Å²) in [6, 6.07) is 2.35. The molecule has 0 heterocycles. The monoisotopic (exact) mass is 350 g/mol. The van der Waals surface area contributed by atoms with Crippen LogP contribution in [0.25, 0.3) is 0 Å². The van der Waals surface area contributed by atoms with E-state index in [2.05, 4.69) is 15.9 Å². The predicted molar refractivity (Wildman–Crippen MR) is 75.7 cm³/mol. The number of nitrogens with two attached hydrogens (primary N) is 1. The van der Waals surface area contributed by atoms with Crippen molar-refractivity contribution in [3.05, 3.63) is 22.4 Å². The molecule has 0 bridgehead atoms. The van der Waals surface area contributed by atoms with Crippen molar-refractivity contribution in [1.82, 2.24) is 4.31 Å². The molecule has 1 aromatic rings. The van der Waals surface area contributed by atoms with E-state index in [1.807, 2.05) is 6.92 Å². The standard InChI is InChI=1S/C12H16BrFN2O2S/c1-2-5-16(8-3-4-8)19(17,18)12-7-11(15)10(14)6-9(12)13/h6-8H,2-5,15H2,1H3. The minimum Gasteiger partial charge on any atom is -0.396 e. The lowest BCUT2D eigenvalue weighted by Crippen LogP contribution is -2.34. The van der Waals surface area contributed by atoms with Crippen molar-refractivity contribution in [3.63, 3.8) is 0 Å². The van der Waals surface area contributed by atoms with E-state index in [1.165, 1.54) is 10.4 Å². The third-order valence-electron chi connectivity index (χ3n) is 3.04. The minimum atomic E-state index is -3.63. The van der Waals surface area contributed by atoms with Crippen molar-refractivity contribution < 1.29 is 12.8 Å². The molecule has 1 aliphatic carbocycles. The lowest BCUT2D eigenvalue weighted by Gasteiger charge is -2.22. The van der Waals surface area contributed by atoms with Crippen LogP contribution in [0.3, 0.4) is 0 Å². The number of halogens is 2. The number of anilines is 1. The Hall–Kier alpha value is -0.660. The van der Waals surface area contributed by atoms with Crippen LogP contribution >= 0.6 is 15.9 Å². The van der Waals surface area contributed by atoms with Crippen LogP contribution in [0.1, 0.15) is 26.2 Å². The van der Waals surface area contributed by atoms with Gasteiger partial charge < -0.3 is 5.73 Å². The topological polar surface area (TPSA) is 63.4 Å². The second-order valence-corrected chi connectivity index (χ2v) is 7.36. The number of hydrogen-bond acceptors (Lipinski definition) is 3. The Labute approximate surface area is 121 Å². The summed E-state index contributed by atoms with van der Waals surface area (Å²) in [5, 5.41) is 0. The van der Waals surface area contributed by atoms with Gasteiger partial charge in [-0.1, -0.05) is 6.92 Å². The van der Waals surface area contributed by atoms with E-state index in [9.17, 15) is 12.8 Å². The molecule has 4 nitrogen and oxygen atoms in total. The van der Waals surface area contributed by atoms with Gasteiger partial charge in [0.05, 0.1) is 10.6 Å². The highest BCUT2D eigenvalue weighted by Crippen LogP contribution is 2.35. The molecule has 1 fully saturated rings. The summed E-state index contributed by atoms with van der Waals surface area (Å²) in [6.45, 7) is 2.40. The Morgan fingerprint density at radius 1 is 1.47 bits per heavy atom. The molecule has 106 valence electrons. The maximum absolute atomic E-state index is 13.3. The molecular formula is C12H16BrFN2O2S. The van der Waals surface area contributed by atoms with Crippen molar-refractivity contribution in [2.75, 3.05) is 12.3 Å². The van der Waals surface area contributed by atoms with E-state index in [4.69, 9.17) is 5.73 Å². The zero-order valence-electron chi connectivity index (χ0n) is 10.6. The normalized spacial score (nSPS) is 16.0. The van der Waals surface area contributed by atoms with Crippen molar-refractivity contribution in [2.24, 2.45) is 0 Å². The first-order chi connectivity index (χ1) is 8.87. The molecule has 0 radical (unpaired) electrons. The molecule has 0 aromatic heterocycles. The fourth-order valence-electron chi connectivity index (χ4n) is 1.95. The van der Waals surface area contributed by atoms with Gasteiger partial charge in [-0.15, -0.1) is 0 Å². The molecule has 2 N–H and O–H groups in total. The smallest absolute Gasteiger partial charge is 0.244 e. The van der Waals surface area contributed by atoms with E-state index in [1.54, 1.807) is 0 Å². The van der Waals surface area contributed by atoms with Gasteiger partial charge in [0.1, 0.15) is 5.82 Å². The van der Waals surface area contributed by atoms with E-state index in [-0.39, 0.29) is 21.1 Å². The second-order valence-electron chi connectivity index (χ2n) is 4.65. The van der Waals surface area contributed by atoms with Crippen LogP contribution in [0.2, 0.25) is 0 Å². The molecular weight excluding hydrogens is 335 g/mol. The van der Waals surface area contributed by atoms with Gasteiger partial charge in [-0.25, -0.2) is 12.8 Å². The fraction of sp³-hybridized carbons (Fsp3) is 0.500. The molecule has 2 rings (SSSR count). The first-order valence-electron chi connectivity index (χ1n) is 6.14. The van der Waals surface area contributed by atoms with Crippen LogP contribution in [-0.2, 0) is 10.0 Å². The largest absolute Gasteiger partial charge is 0.396 e. The average molecular weight is 351 g/mol. The molecule has 19 heavy (non-hydrogen) atoms. The number of benzene rings is 1. The Bertz CT molecular complexity index is 588. The first kappa shape index (κ1) is 14.7. The molecule has 0 spiro atoms. The third kappa shape index (κ3) is 2.93. The van der Waals surface area contributed by atoms with E-state index >= 15 is 0 Å². The lowest BCUT2D eigenvalue weighted by molar-refractivity contribution is 0.403. The molecule has 0 unspecified atom stereocenters. The van der Waals surface area contributed by atoms with Crippen molar-refractivity contribution in [1.29, 1.82) is 0 Å². The van der Waals surface area contributed by atoms with Crippen molar-refractivity contribution in [3.8, 4) is 0 Å². The van der Waals surface area contributed by atoms with E-state index in [0.29, 0.717) is 6.54 Å². The van der Waals surface area contributed by atoms with Gasteiger partial charge >= 0.3 is 0 Å². The van der Waals surface area contributed by atoms with Crippen molar-refractivity contribution in [2.45, 2.75) is 37.1 Å². The SMILES string of the molecule is CCCN(C1CC1)S(=O)(=O)c1cc(N)c(F)cc1Br. The summed E-state index contributed by atoms with van der Waals surface area (Å²) in [6.07, 6.45) is 2.51. The maximum Gasteiger partial charge on any atom is 0.244 e. The Balaban J connectivity index is 2.46. The predicted octanol–water partition coefficient (Wildman–Crippen LogP) is 2.73. The highest BCUT2D eigenvalue weighted by Gasteiger charge is 2.38. The molecule has 0 saturated heterocycles. The summed E-state index contributed by atoms with van der Waals surface area (Å²) >= 11 is 3.10. The van der Waals surface area contributed by atoms with E-state index in [0.717, 1.165) is 25.3 Å². The molecule has 0 aliphatic heterocycles. The quantitative estimate of drug-likeness (QED) is 0.830. The molecule has 1 aromatic carbocycles. The van der Waals surface area contributed by atoms with Crippen LogP contribution in [0.5, 0.6) is 0 Å². The van der Waals surface area contributed by atoms with Gasteiger partial charge in [0.2, 0.25) is 10.0 Å². The summed E-state index contributed by atoms with van der Waals surface area (Å²) in [5.41, 5.74) is 5.31. The van der Waals surface area contributed by atoms with Gasteiger partial charge in [-0.05, 0) is 47.3 Å². The fourth-order valence-corrected chi connectivity index (χ4v) is 4.74. The van der Waals surface area contributed by atoms with Crippen LogP contribution in [0.15, 0.2) is 21.5 Å². The van der Waals surface area contributed by atoms with Crippen LogP contribution in [0, 0.1) is 5.82 Å². The van der Waals surface area contributed by atoms with Crippen LogP contribution < -0.4 is 5.73 Å². The van der Waals surface area contributed by atoms with E-state index < -0.39 is 15.8 Å². The molecule has 0 atom stereocenters. The number of nitrogens with zero attached hydrogens (tertiary/aromatic N) is 1. The van der Waals surface area contributed by atoms with Crippen LogP contribution in [0.4, 0.5) is 10.1 Å². The highest BCUT2D eigenvalue weighted by molar-refractivity contribution is 9.10. The number of nitrogen functional groups attached to an aromatic ring is 1. The summed E-state index contributed by atoms with van der Waals surface area (Å²) in [5.74, 6) is -0.626. The summed E-state index contributed by atoms with van der Waals surface area (Å²) in [4.78, 5) is 0.0340. The van der Waals surface area contributed by atoms with Gasteiger partial charge in [-0.3, -0.25) is 0 Å². The van der Waals surface area contributed by atoms with Gasteiger partial charge in [-0.2, -0.15) is 4.31 Å². The maximum atomic E-state index is 13.3. The van der Waals surface area contributed by atoms with Gasteiger partial charge in [0, 0.05) is 17.1 Å². The van der Waals surface area contributed by atoms with Crippen LogP contribution in [-0.4, -0.2) is 25.3 Å². The zero-order chi connectivity index (χ0) is 14.2. The summed E-state index contributed by atoms with van der Waals surface area (Å²) < 4.78 is 40.2. The lowest BCUT2D eigenvalue weighted by atomic mass is 10.3.